The molecule has 97 valence electrons. The quantitative estimate of drug-likeness (QED) is 0.769. The van der Waals surface area contributed by atoms with Crippen LogP contribution in [0.1, 0.15) is 18.1 Å². The zero-order valence-electron chi connectivity index (χ0n) is 11.8. The summed E-state index contributed by atoms with van der Waals surface area (Å²) < 4.78 is 6.66. The molecule has 0 aliphatic heterocycles. The fourth-order valence-electron chi connectivity index (χ4n) is 1.94. The summed E-state index contributed by atoms with van der Waals surface area (Å²) in [5, 5.41) is 0.803. The normalized spacial score (nSPS) is 9.55. The van der Waals surface area contributed by atoms with Gasteiger partial charge >= 0.3 is 19.3 Å². The summed E-state index contributed by atoms with van der Waals surface area (Å²) >= 11 is 5.58. The Bertz CT molecular complexity index is 546. The number of benzene rings is 2. The molecule has 0 spiro atoms. The van der Waals surface area contributed by atoms with Gasteiger partial charge in [0.05, 0.1) is 6.61 Å². The molecule has 0 saturated heterocycles. The number of halogens is 2. The first-order valence-corrected chi connectivity index (χ1v) is 9.50. The maximum Gasteiger partial charge on any atom is 0.538 e. The third kappa shape index (κ3) is 5.18. The van der Waals surface area contributed by atoms with Gasteiger partial charge in [-0.2, -0.15) is 0 Å². The summed E-state index contributed by atoms with van der Waals surface area (Å²) in [6, 6.07) is 14.2. The minimum Gasteiger partial charge on any atom is -0.494 e. The summed E-state index contributed by atoms with van der Waals surface area (Å²) in [5.74, 6) is 0.902. The average Bonchev–Trinajstić information content (AvgIpc) is 2.44. The molecule has 20 heavy (non-hydrogen) atoms. The molecule has 0 heterocycles. The van der Waals surface area contributed by atoms with Crippen molar-refractivity contribution >= 4 is 62.5 Å². The van der Waals surface area contributed by atoms with Crippen molar-refractivity contribution in [2.45, 2.75) is 13.3 Å². The molecule has 0 aliphatic rings. The topological polar surface area (TPSA) is 9.23 Å². The second kappa shape index (κ2) is 9.25. The van der Waals surface area contributed by atoms with E-state index in [0.29, 0.717) is 6.61 Å². The molecule has 0 unspecified atom stereocenters. The van der Waals surface area contributed by atoms with Crippen molar-refractivity contribution in [3.8, 4) is 5.75 Å². The Morgan fingerprint density at radius 3 is 2.40 bits per heavy atom. The maximum absolute atomic E-state index is 6.23. The predicted molar refractivity (Wildman–Crippen MR) is 88.9 cm³/mol. The largest absolute Gasteiger partial charge is 0.538 e. The van der Waals surface area contributed by atoms with Gasteiger partial charge in [-0.15, -0.1) is 3.69 Å². The Morgan fingerprint density at radius 2 is 1.80 bits per heavy atom. The first-order valence-electron chi connectivity index (χ1n) is 6.28. The smallest absolute Gasteiger partial charge is 0.494 e. The molecular formula is C15H14Cl2LiMgO. The molecule has 2 rings (SSSR count). The van der Waals surface area contributed by atoms with Crippen LogP contribution < -0.4 is 8.43 Å². The second-order valence-corrected chi connectivity index (χ2v) is 6.61. The fourth-order valence-corrected chi connectivity index (χ4v) is 3.15. The molecule has 0 fully saturated rings. The molecular weight excluding hydrogens is 298 g/mol. The number of hydrogen-bond donors (Lipinski definition) is 0. The van der Waals surface area contributed by atoms with E-state index >= 15 is 0 Å². The van der Waals surface area contributed by atoms with Crippen LogP contribution in [0.3, 0.4) is 0 Å². The molecule has 0 N–H and O–H groups in total. The van der Waals surface area contributed by atoms with Crippen LogP contribution in [0.15, 0.2) is 42.5 Å². The molecule has 1 nitrogen and oxygen atoms in total. The van der Waals surface area contributed by atoms with Crippen LogP contribution in [-0.4, -0.2) is 44.7 Å². The van der Waals surface area contributed by atoms with Crippen molar-refractivity contribution in [2.24, 2.45) is 0 Å². The van der Waals surface area contributed by atoms with Gasteiger partial charge in [-0.05, 0) is 42.7 Å². The molecule has 5 heteroatoms. The van der Waals surface area contributed by atoms with Gasteiger partial charge < -0.3 is 13.8 Å². The third-order valence-electron chi connectivity index (χ3n) is 2.89. The van der Waals surface area contributed by atoms with E-state index in [9.17, 15) is 0 Å². The van der Waals surface area contributed by atoms with E-state index in [4.69, 9.17) is 25.4 Å². The van der Waals surface area contributed by atoms with Crippen molar-refractivity contribution in [3.63, 3.8) is 0 Å². The van der Waals surface area contributed by atoms with E-state index < -0.39 is 19.3 Å². The Morgan fingerprint density at radius 1 is 1.10 bits per heavy atom. The van der Waals surface area contributed by atoms with Crippen LogP contribution in [0.4, 0.5) is 0 Å². The Kier molecular flexibility index (Phi) is 8.43. The van der Waals surface area contributed by atoms with E-state index in [-0.39, 0.29) is 18.9 Å². The van der Waals surface area contributed by atoms with Gasteiger partial charge in [0.15, 0.2) is 0 Å². The zero-order valence-corrected chi connectivity index (χ0v) is 14.8. The molecule has 0 saturated carbocycles. The summed E-state index contributed by atoms with van der Waals surface area (Å²) in [5.41, 5.74) is 2.36. The monoisotopic (exact) mass is 311 g/mol. The van der Waals surface area contributed by atoms with Crippen molar-refractivity contribution < 1.29 is 4.74 Å². The van der Waals surface area contributed by atoms with Gasteiger partial charge in [-0.1, -0.05) is 35.9 Å². The molecule has 0 aliphatic carbocycles. The second-order valence-electron chi connectivity index (χ2n) is 4.31. The number of rotatable bonds is 5. The van der Waals surface area contributed by atoms with Crippen molar-refractivity contribution in [1.29, 1.82) is 0 Å². The third-order valence-corrected chi connectivity index (χ3v) is 4.94. The van der Waals surface area contributed by atoms with Crippen LogP contribution in [0, 0.1) is 0 Å². The van der Waals surface area contributed by atoms with Gasteiger partial charge in [0.2, 0.25) is 0 Å². The van der Waals surface area contributed by atoms with Gasteiger partial charge in [0.1, 0.15) is 5.75 Å². The predicted octanol–water partition coefficient (Wildman–Crippen LogP) is 3.43. The summed E-state index contributed by atoms with van der Waals surface area (Å²) in [4.78, 5) is 0. The van der Waals surface area contributed by atoms with Crippen LogP contribution in [0.5, 0.6) is 5.75 Å². The number of hydrogen-bond acceptors (Lipinski definition) is 1. The molecule has 0 aromatic heterocycles. The Hall–Kier alpha value is 0.184. The van der Waals surface area contributed by atoms with Gasteiger partial charge in [-0.3, -0.25) is 0 Å². The van der Waals surface area contributed by atoms with Crippen molar-refractivity contribution in [2.75, 3.05) is 6.61 Å². The standard InChI is InChI=1S/C15H14ClO.ClH.Li.Mg/c1-2-17-14-9-7-12(8-10-14)11-13-5-3-4-6-15(13)16;;;/h4-10H,2,11H2,1H3;1H;;/q;;;+1/p-1. The van der Waals surface area contributed by atoms with Crippen LogP contribution in [0.25, 0.3) is 0 Å². The van der Waals surface area contributed by atoms with E-state index in [2.05, 4.69) is 18.2 Å². The van der Waals surface area contributed by atoms with Crippen molar-refractivity contribution in [1.82, 2.24) is 0 Å². The minimum atomic E-state index is -0.655. The van der Waals surface area contributed by atoms with Gasteiger partial charge in [0, 0.05) is 23.9 Å². The Labute approximate surface area is 150 Å². The van der Waals surface area contributed by atoms with Crippen LogP contribution in [0.2, 0.25) is 5.02 Å². The van der Waals surface area contributed by atoms with Gasteiger partial charge in [-0.25, -0.2) is 0 Å². The average molecular weight is 312 g/mol. The van der Waals surface area contributed by atoms with E-state index in [1.165, 1.54) is 9.26 Å². The SMILES string of the molecule is CCOc1ccc(Cc2c[c]([Mg][Cl])ccc2Cl)cc1.[Li]. The van der Waals surface area contributed by atoms with E-state index in [1.54, 1.807) is 0 Å². The molecule has 2 aromatic carbocycles. The maximum atomic E-state index is 6.23. The molecule has 1 radical (unpaired) electrons. The van der Waals surface area contributed by atoms with Gasteiger partial charge in [0.25, 0.3) is 0 Å². The first-order chi connectivity index (χ1) is 9.22. The molecule has 0 amide bonds. The summed E-state index contributed by atoms with van der Waals surface area (Å²) in [6.07, 6.45) is 0.824. The zero-order chi connectivity index (χ0) is 13.7. The Balaban J connectivity index is 0.00000200. The first kappa shape index (κ1) is 18.2. The van der Waals surface area contributed by atoms with Crippen LogP contribution in [-0.2, 0) is 6.42 Å². The number of ether oxygens (including phenoxy) is 1. The minimum absolute atomic E-state index is 0. The summed E-state index contributed by atoms with van der Waals surface area (Å²) in [7, 11) is 5.99. The van der Waals surface area contributed by atoms with E-state index in [1.807, 2.05) is 31.2 Å². The fraction of sp³-hybridized carbons (Fsp3) is 0.200. The van der Waals surface area contributed by atoms with E-state index in [0.717, 1.165) is 22.8 Å². The van der Waals surface area contributed by atoms with Crippen LogP contribution >= 0.6 is 20.7 Å². The summed E-state index contributed by atoms with van der Waals surface area (Å²) in [6.45, 7) is 2.67. The molecule has 0 bridgehead atoms. The molecule has 0 atom stereocenters. The van der Waals surface area contributed by atoms with Crippen molar-refractivity contribution in [3.05, 3.63) is 58.6 Å². The molecule has 2 aromatic rings.